The third-order valence-corrected chi connectivity index (χ3v) is 26.2. The monoisotopic (exact) mass is 1380 g/mol. The highest BCUT2D eigenvalue weighted by Gasteiger charge is 2.44. The molecule has 21 nitrogen and oxygen atoms in total. The van der Waals surface area contributed by atoms with Crippen LogP contribution in [-0.2, 0) is 55.8 Å². The number of morpholine rings is 3. The minimum Gasteiger partial charge on any atom is -0.379 e. The Morgan fingerprint density at radius 2 is 0.720 bits per heavy atom. The van der Waals surface area contributed by atoms with E-state index in [1.54, 1.807) is 63.6 Å². The first-order chi connectivity index (χ1) is 44.6. The summed E-state index contributed by atoms with van der Waals surface area (Å²) in [7, 11) is 1.76. The SMILES string of the molecule is CC1CN(C(=O)CCN)CC(COP(=O)(N(C)C)N2CC(C)OC(COCCCCCCCCCCCCCCCCCCCCCCCCCCCCCCCCCCCCCCCOP(=O)(N(C)C)N3CC(C)OC(COP(=O)(N(C)C)N(C)CC(N)=O)C3)C2)O1. The van der Waals surface area contributed by atoms with Crippen molar-refractivity contribution in [3.05, 3.63) is 0 Å². The molecule has 3 saturated heterocycles. The van der Waals surface area contributed by atoms with Gasteiger partial charge < -0.3 is 48.9 Å². The summed E-state index contributed by atoms with van der Waals surface area (Å²) in [4.78, 5) is 25.8. The molecule has 9 atom stereocenters. The smallest absolute Gasteiger partial charge is 0.345 e. The molecule has 0 aliphatic carbocycles. The Morgan fingerprint density at radius 1 is 0.409 bits per heavy atom. The van der Waals surface area contributed by atoms with Crippen molar-refractivity contribution in [3.8, 4) is 0 Å². The van der Waals surface area contributed by atoms with Gasteiger partial charge in [0.25, 0.3) is 0 Å². The van der Waals surface area contributed by atoms with E-state index in [4.69, 9.17) is 44.0 Å². The Kier molecular flexibility index (Phi) is 47.5. The number of rotatable bonds is 59. The maximum atomic E-state index is 14.4. The van der Waals surface area contributed by atoms with Crippen LogP contribution in [0.25, 0.3) is 0 Å². The lowest BCUT2D eigenvalue weighted by Crippen LogP contribution is -2.51. The number of amides is 2. The number of primary amides is 1. The van der Waals surface area contributed by atoms with Gasteiger partial charge in [-0.25, -0.2) is 28.0 Å². The van der Waals surface area contributed by atoms with Crippen LogP contribution in [0.1, 0.15) is 265 Å². The van der Waals surface area contributed by atoms with Crippen molar-refractivity contribution in [3.63, 3.8) is 0 Å². The quantitative estimate of drug-likeness (QED) is 0.0426. The van der Waals surface area contributed by atoms with Gasteiger partial charge in [0, 0.05) is 58.8 Å². The van der Waals surface area contributed by atoms with Gasteiger partial charge in [0.05, 0.1) is 69.6 Å². The van der Waals surface area contributed by atoms with Crippen LogP contribution in [-0.4, -0.2) is 216 Å². The van der Waals surface area contributed by atoms with Gasteiger partial charge in [-0.05, 0) is 82.9 Å². The second kappa shape index (κ2) is 51.2. The molecule has 3 fully saturated rings. The average Bonchev–Trinajstić information content (AvgIpc) is 0.822. The van der Waals surface area contributed by atoms with Crippen LogP contribution in [0.2, 0.25) is 0 Å². The molecule has 0 aromatic heterocycles. The lowest BCUT2D eigenvalue weighted by atomic mass is 10.0. The van der Waals surface area contributed by atoms with Crippen LogP contribution in [0.15, 0.2) is 0 Å². The van der Waals surface area contributed by atoms with Gasteiger partial charge in [0.2, 0.25) is 11.8 Å². The number of carbonyl (C=O) groups excluding carboxylic acids is 2. The molecule has 3 rings (SSSR count). The summed E-state index contributed by atoms with van der Waals surface area (Å²) in [6.45, 7) is 10.4. The van der Waals surface area contributed by atoms with E-state index in [1.165, 1.54) is 228 Å². The molecule has 93 heavy (non-hydrogen) atoms. The standard InChI is InChI=1S/C69H142N9O12P3/c1-62-52-76(69(80)48-49-70)55-65(88-62)60-87-93(83,74(8)9)78-54-63(2)89-66(56-78)59-84-50-46-44-42-40-38-36-34-32-30-28-26-24-22-20-18-16-14-12-11-13-15-17-19-21-23-25-27-29-31-33-35-37-39-41-43-45-47-51-85-92(82,73(6)7)77-53-64(3)90-67(57-77)61-86-91(81,72(4)5)75(10)58-68(71)79/h62-67H,11-61,70H2,1-10H3,(H2,71,79). The van der Waals surface area contributed by atoms with Crippen LogP contribution in [0.5, 0.6) is 0 Å². The molecule has 3 heterocycles. The number of unbranched alkanes of at least 4 members (excludes halogenated alkanes) is 36. The van der Waals surface area contributed by atoms with E-state index in [0.717, 1.165) is 19.3 Å². The molecule has 0 radical (unpaired) electrons. The first kappa shape index (κ1) is 86.3. The highest BCUT2D eigenvalue weighted by molar-refractivity contribution is 7.54. The fourth-order valence-electron chi connectivity index (χ4n) is 13.2. The van der Waals surface area contributed by atoms with E-state index < -0.39 is 35.0 Å². The van der Waals surface area contributed by atoms with Crippen LogP contribution < -0.4 is 11.5 Å². The summed E-state index contributed by atoms with van der Waals surface area (Å²) < 4.78 is 94.9. The molecule has 2 amide bonds. The fraction of sp³-hybridized carbons (Fsp3) is 0.971. The Hall–Kier alpha value is -0.930. The molecule has 0 aromatic rings. The topological polar surface area (TPSA) is 225 Å². The Morgan fingerprint density at radius 3 is 1.06 bits per heavy atom. The van der Waals surface area contributed by atoms with Gasteiger partial charge in [-0.1, -0.05) is 225 Å². The predicted molar refractivity (Wildman–Crippen MR) is 382 cm³/mol. The van der Waals surface area contributed by atoms with Crippen molar-refractivity contribution in [1.82, 2.24) is 32.9 Å². The zero-order valence-electron chi connectivity index (χ0n) is 61.1. The summed E-state index contributed by atoms with van der Waals surface area (Å²) in [5.74, 6) is -0.587. The molecule has 3 aliphatic rings. The van der Waals surface area contributed by atoms with Crippen LogP contribution in [0, 0.1) is 0 Å². The summed E-state index contributed by atoms with van der Waals surface area (Å²) in [6, 6.07) is 0. The molecule has 9 unspecified atom stereocenters. The van der Waals surface area contributed by atoms with Crippen molar-refractivity contribution >= 4 is 34.8 Å². The second-order valence-electron chi connectivity index (χ2n) is 28.2. The number of likely N-dealkylation sites (N-methyl/N-ethyl adjacent to an activating group) is 1. The summed E-state index contributed by atoms with van der Waals surface area (Å²) >= 11 is 0. The Balaban J connectivity index is 1.00. The Labute approximate surface area is 568 Å². The lowest BCUT2D eigenvalue weighted by molar-refractivity contribution is -0.146. The van der Waals surface area contributed by atoms with Crippen molar-refractivity contribution in [2.75, 3.05) is 135 Å². The van der Waals surface area contributed by atoms with Gasteiger partial charge in [-0.3, -0.25) is 23.3 Å². The molecular formula is C69H142N9O12P3. The van der Waals surface area contributed by atoms with E-state index in [1.807, 2.05) is 30.1 Å². The molecule has 550 valence electrons. The van der Waals surface area contributed by atoms with Crippen molar-refractivity contribution in [2.24, 2.45) is 11.5 Å². The second-order valence-corrected chi connectivity index (χ2v) is 36.1. The molecule has 24 heteroatoms. The lowest BCUT2D eigenvalue weighted by Gasteiger charge is -2.43. The zero-order chi connectivity index (χ0) is 68.2. The molecule has 4 N–H and O–H groups in total. The van der Waals surface area contributed by atoms with E-state index >= 15 is 0 Å². The summed E-state index contributed by atoms with van der Waals surface area (Å²) in [5.41, 5.74) is 11.0. The third-order valence-electron chi connectivity index (χ3n) is 18.6. The van der Waals surface area contributed by atoms with Gasteiger partial charge >= 0.3 is 23.0 Å². The number of nitrogens with zero attached hydrogens (tertiary/aromatic N) is 7. The fourth-order valence-corrected chi connectivity index (χ4v) is 19.1. The number of nitrogens with two attached hydrogens (primary N) is 2. The van der Waals surface area contributed by atoms with Crippen LogP contribution >= 0.6 is 23.0 Å². The molecule has 0 spiro atoms. The number of hydrogen-bond acceptors (Lipinski definition) is 13. The van der Waals surface area contributed by atoms with Crippen molar-refractivity contribution in [1.29, 1.82) is 0 Å². The number of carbonyl (C=O) groups is 2. The number of hydrogen-bond donors (Lipinski definition) is 2. The summed E-state index contributed by atoms with van der Waals surface area (Å²) in [5, 5.41) is 0. The van der Waals surface area contributed by atoms with Gasteiger partial charge in [-0.15, -0.1) is 0 Å². The minimum atomic E-state index is -3.52. The minimum absolute atomic E-state index is 0.00155. The highest BCUT2D eigenvalue weighted by atomic mass is 31.2. The van der Waals surface area contributed by atoms with Crippen LogP contribution in [0.3, 0.4) is 0 Å². The normalized spacial score (nSPS) is 22.3. The molecular weight excluding hydrogens is 1240 g/mol. The van der Waals surface area contributed by atoms with E-state index in [0.29, 0.717) is 72.1 Å². The maximum Gasteiger partial charge on any atom is 0.345 e. The van der Waals surface area contributed by atoms with Crippen molar-refractivity contribution < 1.29 is 55.8 Å². The first-order valence-electron chi connectivity index (χ1n) is 37.4. The maximum absolute atomic E-state index is 14.4. The highest BCUT2D eigenvalue weighted by Crippen LogP contribution is 2.56. The number of ether oxygens (including phenoxy) is 4. The first-order valence-corrected chi connectivity index (χ1v) is 42.0. The van der Waals surface area contributed by atoms with E-state index in [2.05, 4.69) is 0 Å². The van der Waals surface area contributed by atoms with Crippen molar-refractivity contribution in [2.45, 2.75) is 301 Å². The third kappa shape index (κ3) is 36.8. The summed E-state index contributed by atoms with van der Waals surface area (Å²) in [6.07, 6.45) is 48.5. The molecule has 0 saturated carbocycles. The molecule has 0 aromatic carbocycles. The van der Waals surface area contributed by atoms with Gasteiger partial charge in [0.1, 0.15) is 0 Å². The largest absolute Gasteiger partial charge is 0.379 e. The van der Waals surface area contributed by atoms with Crippen LogP contribution in [0.4, 0.5) is 0 Å². The van der Waals surface area contributed by atoms with E-state index in [-0.39, 0.29) is 56.2 Å². The average molecular weight is 1380 g/mol. The zero-order valence-corrected chi connectivity index (χ0v) is 63.7. The molecule has 0 bridgehead atoms. The van der Waals surface area contributed by atoms with Gasteiger partial charge in [-0.2, -0.15) is 0 Å². The molecule has 3 aliphatic heterocycles. The Bertz CT molecular complexity index is 2060. The predicted octanol–water partition coefficient (Wildman–Crippen LogP) is 15.1. The van der Waals surface area contributed by atoms with Gasteiger partial charge in [0.15, 0.2) is 0 Å². The van der Waals surface area contributed by atoms with E-state index in [9.17, 15) is 23.3 Å².